The molecule has 108 valence electrons. The van der Waals surface area contributed by atoms with Crippen molar-refractivity contribution in [3.05, 3.63) is 11.7 Å². The van der Waals surface area contributed by atoms with Gasteiger partial charge >= 0.3 is 0 Å². The van der Waals surface area contributed by atoms with Crippen molar-refractivity contribution < 1.29 is 4.52 Å². The number of rotatable bonds is 5. The molecule has 1 aliphatic rings. The van der Waals surface area contributed by atoms with Gasteiger partial charge in [0.1, 0.15) is 0 Å². The number of nitrogens with zero attached hydrogens (tertiary/aromatic N) is 2. The van der Waals surface area contributed by atoms with E-state index in [2.05, 4.69) is 43.2 Å². The first-order valence-electron chi connectivity index (χ1n) is 7.56. The lowest BCUT2D eigenvalue weighted by molar-refractivity contribution is 0.218. The van der Waals surface area contributed by atoms with Gasteiger partial charge in [0.25, 0.3) is 0 Å². The van der Waals surface area contributed by atoms with Crippen molar-refractivity contribution in [2.75, 3.05) is 6.54 Å². The van der Waals surface area contributed by atoms with E-state index in [1.807, 2.05) is 0 Å². The SMILES string of the molecule is CCNC(C)Cc1nc(C2CCC(C)(C)CC2)no1. The molecule has 1 unspecified atom stereocenters. The monoisotopic (exact) mass is 265 g/mol. The van der Waals surface area contributed by atoms with E-state index in [0.29, 0.717) is 17.4 Å². The highest BCUT2D eigenvalue weighted by Gasteiger charge is 2.30. The molecule has 0 saturated heterocycles. The average Bonchev–Trinajstić information content (AvgIpc) is 2.77. The van der Waals surface area contributed by atoms with Crippen LogP contribution in [0.5, 0.6) is 0 Å². The van der Waals surface area contributed by atoms with E-state index in [4.69, 9.17) is 4.52 Å². The molecular weight excluding hydrogens is 238 g/mol. The Hall–Kier alpha value is -0.900. The minimum Gasteiger partial charge on any atom is -0.339 e. The van der Waals surface area contributed by atoms with Crippen LogP contribution in [0.2, 0.25) is 0 Å². The van der Waals surface area contributed by atoms with Gasteiger partial charge in [-0.15, -0.1) is 0 Å². The standard InChI is InChI=1S/C15H27N3O/c1-5-16-11(2)10-13-17-14(18-19-13)12-6-8-15(3,4)9-7-12/h11-12,16H,5-10H2,1-4H3. The second-order valence-corrected chi connectivity index (χ2v) is 6.65. The Labute approximate surface area is 116 Å². The lowest BCUT2D eigenvalue weighted by atomic mass is 9.73. The fraction of sp³-hybridized carbons (Fsp3) is 0.867. The molecule has 1 N–H and O–H groups in total. The Morgan fingerprint density at radius 3 is 2.68 bits per heavy atom. The summed E-state index contributed by atoms with van der Waals surface area (Å²) in [5.74, 6) is 2.20. The zero-order chi connectivity index (χ0) is 13.9. The van der Waals surface area contributed by atoms with E-state index in [-0.39, 0.29) is 0 Å². The summed E-state index contributed by atoms with van der Waals surface area (Å²) in [4.78, 5) is 4.59. The molecule has 0 aliphatic heterocycles. The predicted molar refractivity (Wildman–Crippen MR) is 76.1 cm³/mol. The van der Waals surface area contributed by atoms with E-state index in [9.17, 15) is 0 Å². The lowest BCUT2D eigenvalue weighted by Gasteiger charge is -2.32. The smallest absolute Gasteiger partial charge is 0.228 e. The first kappa shape index (κ1) is 14.5. The third-order valence-electron chi connectivity index (χ3n) is 4.22. The Morgan fingerprint density at radius 2 is 2.05 bits per heavy atom. The van der Waals surface area contributed by atoms with Crippen LogP contribution < -0.4 is 5.32 Å². The van der Waals surface area contributed by atoms with E-state index >= 15 is 0 Å². The maximum Gasteiger partial charge on any atom is 0.228 e. The largest absolute Gasteiger partial charge is 0.339 e. The second kappa shape index (κ2) is 6.04. The highest BCUT2D eigenvalue weighted by atomic mass is 16.5. The van der Waals surface area contributed by atoms with Gasteiger partial charge in [0, 0.05) is 18.4 Å². The van der Waals surface area contributed by atoms with Crippen LogP contribution in [0.25, 0.3) is 0 Å². The number of aromatic nitrogens is 2. The van der Waals surface area contributed by atoms with Gasteiger partial charge in [0.2, 0.25) is 5.89 Å². The van der Waals surface area contributed by atoms with Crippen molar-refractivity contribution in [2.24, 2.45) is 5.41 Å². The van der Waals surface area contributed by atoms with E-state index < -0.39 is 0 Å². The number of hydrogen-bond acceptors (Lipinski definition) is 4. The number of hydrogen-bond donors (Lipinski definition) is 1. The molecule has 1 aromatic rings. The normalized spacial score (nSPS) is 21.5. The summed E-state index contributed by atoms with van der Waals surface area (Å²) >= 11 is 0. The summed E-state index contributed by atoms with van der Waals surface area (Å²) in [5, 5.41) is 7.55. The first-order valence-corrected chi connectivity index (χ1v) is 7.56. The Kier molecular flexibility index (Phi) is 4.61. The van der Waals surface area contributed by atoms with Crippen molar-refractivity contribution in [3.63, 3.8) is 0 Å². The average molecular weight is 265 g/mol. The molecule has 4 heteroatoms. The van der Waals surface area contributed by atoms with Crippen molar-refractivity contribution >= 4 is 0 Å². The van der Waals surface area contributed by atoms with Crippen LogP contribution >= 0.6 is 0 Å². The topological polar surface area (TPSA) is 51.0 Å². The molecule has 1 atom stereocenters. The summed E-state index contributed by atoms with van der Waals surface area (Å²) in [6.07, 6.45) is 5.72. The molecule has 0 spiro atoms. The fourth-order valence-corrected chi connectivity index (χ4v) is 2.86. The summed E-state index contributed by atoms with van der Waals surface area (Å²) in [5.41, 5.74) is 0.489. The number of nitrogens with one attached hydrogen (secondary N) is 1. The van der Waals surface area contributed by atoms with Crippen molar-refractivity contribution in [1.82, 2.24) is 15.5 Å². The van der Waals surface area contributed by atoms with Gasteiger partial charge in [-0.2, -0.15) is 4.98 Å². The predicted octanol–water partition coefficient (Wildman–Crippen LogP) is 3.29. The van der Waals surface area contributed by atoms with Gasteiger partial charge in [0.05, 0.1) is 0 Å². The van der Waals surface area contributed by atoms with Gasteiger partial charge in [-0.1, -0.05) is 25.9 Å². The Morgan fingerprint density at radius 1 is 1.37 bits per heavy atom. The third-order valence-corrected chi connectivity index (χ3v) is 4.22. The molecule has 0 bridgehead atoms. The molecule has 1 saturated carbocycles. The summed E-state index contributed by atoms with van der Waals surface area (Å²) in [7, 11) is 0. The van der Waals surface area contributed by atoms with Gasteiger partial charge in [0.15, 0.2) is 5.82 Å². The van der Waals surface area contributed by atoms with Gasteiger partial charge in [-0.3, -0.25) is 0 Å². The van der Waals surface area contributed by atoms with Gasteiger partial charge in [-0.25, -0.2) is 0 Å². The van der Waals surface area contributed by atoms with Gasteiger partial charge < -0.3 is 9.84 Å². The summed E-state index contributed by atoms with van der Waals surface area (Å²) < 4.78 is 5.39. The maximum atomic E-state index is 5.39. The van der Waals surface area contributed by atoms with E-state index in [0.717, 1.165) is 24.7 Å². The molecule has 19 heavy (non-hydrogen) atoms. The Balaban J connectivity index is 1.90. The molecular formula is C15H27N3O. The molecule has 1 aliphatic carbocycles. The van der Waals surface area contributed by atoms with Crippen LogP contribution in [-0.4, -0.2) is 22.7 Å². The minimum absolute atomic E-state index is 0.392. The molecule has 0 radical (unpaired) electrons. The van der Waals surface area contributed by atoms with Crippen LogP contribution in [-0.2, 0) is 6.42 Å². The fourth-order valence-electron chi connectivity index (χ4n) is 2.86. The van der Waals surface area contributed by atoms with Crippen LogP contribution in [0, 0.1) is 5.41 Å². The van der Waals surface area contributed by atoms with Crippen LogP contribution in [0.3, 0.4) is 0 Å². The van der Waals surface area contributed by atoms with Crippen LogP contribution in [0.4, 0.5) is 0 Å². The summed E-state index contributed by atoms with van der Waals surface area (Å²) in [6.45, 7) is 9.93. The van der Waals surface area contributed by atoms with E-state index in [1.165, 1.54) is 25.7 Å². The van der Waals surface area contributed by atoms with Crippen molar-refractivity contribution in [1.29, 1.82) is 0 Å². The minimum atomic E-state index is 0.392. The molecule has 2 rings (SSSR count). The molecule has 1 fully saturated rings. The molecule has 1 aromatic heterocycles. The van der Waals surface area contributed by atoms with Crippen LogP contribution in [0.1, 0.15) is 71.0 Å². The summed E-state index contributed by atoms with van der Waals surface area (Å²) in [6, 6.07) is 0.392. The van der Waals surface area contributed by atoms with E-state index in [1.54, 1.807) is 0 Å². The molecule has 0 amide bonds. The van der Waals surface area contributed by atoms with Crippen molar-refractivity contribution in [2.45, 2.75) is 71.8 Å². The van der Waals surface area contributed by atoms with Crippen molar-refractivity contribution in [3.8, 4) is 0 Å². The second-order valence-electron chi connectivity index (χ2n) is 6.65. The Bertz CT molecular complexity index is 390. The third kappa shape index (κ3) is 4.03. The molecule has 1 heterocycles. The lowest BCUT2D eigenvalue weighted by Crippen LogP contribution is -2.27. The first-order chi connectivity index (χ1) is 9.00. The highest BCUT2D eigenvalue weighted by molar-refractivity contribution is 4.99. The highest BCUT2D eigenvalue weighted by Crippen LogP contribution is 2.41. The maximum absolute atomic E-state index is 5.39. The zero-order valence-corrected chi connectivity index (χ0v) is 12.7. The number of likely N-dealkylation sites (N-methyl/N-ethyl adjacent to an activating group) is 1. The quantitative estimate of drug-likeness (QED) is 0.887. The van der Waals surface area contributed by atoms with Crippen LogP contribution in [0.15, 0.2) is 4.52 Å². The van der Waals surface area contributed by atoms with Gasteiger partial charge in [-0.05, 0) is 44.6 Å². The zero-order valence-electron chi connectivity index (χ0n) is 12.7. The molecule has 0 aromatic carbocycles. The molecule has 4 nitrogen and oxygen atoms in total.